The van der Waals surface area contributed by atoms with Gasteiger partial charge in [-0.05, 0) is 54.7 Å². The first kappa shape index (κ1) is 22.2. The van der Waals surface area contributed by atoms with Crippen molar-refractivity contribution in [2.24, 2.45) is 0 Å². The maximum atomic E-state index is 11.8. The van der Waals surface area contributed by atoms with Crippen molar-refractivity contribution in [3.05, 3.63) is 69.7 Å². The van der Waals surface area contributed by atoms with Crippen molar-refractivity contribution in [1.29, 1.82) is 0 Å². The molecule has 0 aliphatic heterocycles. The van der Waals surface area contributed by atoms with Gasteiger partial charge in [-0.15, -0.1) is 0 Å². The van der Waals surface area contributed by atoms with E-state index in [2.05, 4.69) is 5.32 Å². The number of carboxylic acid groups (broad SMARTS) is 1. The lowest BCUT2D eigenvalue weighted by Gasteiger charge is -2.30. The lowest BCUT2D eigenvalue weighted by Crippen LogP contribution is -2.28. The fourth-order valence-corrected chi connectivity index (χ4v) is 3.22. The largest absolute Gasteiger partial charge is 0.481 e. The molecule has 0 unspecified atom stereocenters. The summed E-state index contributed by atoms with van der Waals surface area (Å²) >= 11 is 11.9. The molecule has 0 aliphatic carbocycles. The number of aliphatic carboxylic acids is 1. The van der Waals surface area contributed by atoms with E-state index in [0.29, 0.717) is 40.4 Å². The number of hydrogen-bond acceptors (Lipinski definition) is 3. The van der Waals surface area contributed by atoms with Crippen LogP contribution < -0.4 is 5.32 Å². The van der Waals surface area contributed by atoms with Gasteiger partial charge in [0.15, 0.2) is 0 Å². The molecule has 0 spiro atoms. The maximum absolute atomic E-state index is 11.8. The average Bonchev–Trinajstić information content (AvgIpc) is 2.66. The number of rotatable bonds is 10. The molecule has 5 nitrogen and oxygen atoms in total. The van der Waals surface area contributed by atoms with Crippen LogP contribution in [0.1, 0.15) is 43.2 Å². The number of carbonyl (C=O) groups excluding carboxylic acids is 1. The van der Waals surface area contributed by atoms with Crippen LogP contribution in [0.4, 0.5) is 0 Å². The molecule has 0 bridgehead atoms. The molecule has 0 saturated heterocycles. The SMILES string of the molecule is O=C(O)CCNC(=O)CCCCC(O)(c1ccc(Cl)cc1)c1ccc(Cl)cc1. The molecule has 2 aromatic rings. The van der Waals surface area contributed by atoms with E-state index < -0.39 is 11.6 Å². The summed E-state index contributed by atoms with van der Waals surface area (Å²) in [5, 5.41) is 23.8. The van der Waals surface area contributed by atoms with Crippen molar-refractivity contribution in [2.45, 2.75) is 37.7 Å². The molecule has 2 aromatic carbocycles. The highest BCUT2D eigenvalue weighted by molar-refractivity contribution is 6.30. The first-order valence-corrected chi connectivity index (χ1v) is 9.80. The number of unbranched alkanes of at least 4 members (excludes halogenated alkanes) is 1. The molecular weight excluding hydrogens is 401 g/mol. The molecular formula is C21H23Cl2NO4. The first-order chi connectivity index (χ1) is 13.3. The van der Waals surface area contributed by atoms with E-state index in [1.165, 1.54) is 0 Å². The zero-order valence-electron chi connectivity index (χ0n) is 15.3. The molecule has 0 aliphatic rings. The molecule has 3 N–H and O–H groups in total. The van der Waals surface area contributed by atoms with Crippen LogP contribution >= 0.6 is 23.2 Å². The molecule has 1 amide bonds. The van der Waals surface area contributed by atoms with E-state index in [1.54, 1.807) is 48.5 Å². The van der Waals surface area contributed by atoms with Crippen molar-refractivity contribution in [2.75, 3.05) is 6.54 Å². The summed E-state index contributed by atoms with van der Waals surface area (Å²) < 4.78 is 0. The topological polar surface area (TPSA) is 86.6 Å². The second kappa shape index (κ2) is 10.5. The van der Waals surface area contributed by atoms with Crippen LogP contribution in [0.15, 0.2) is 48.5 Å². The second-order valence-corrected chi connectivity index (χ2v) is 7.45. The zero-order chi connectivity index (χ0) is 20.6. The molecule has 0 atom stereocenters. The number of aliphatic hydroxyl groups is 1. The van der Waals surface area contributed by atoms with Crippen LogP contribution in [0.25, 0.3) is 0 Å². The Labute approximate surface area is 174 Å². The quantitative estimate of drug-likeness (QED) is 0.494. The van der Waals surface area contributed by atoms with Gasteiger partial charge < -0.3 is 15.5 Å². The lowest BCUT2D eigenvalue weighted by atomic mass is 9.82. The molecule has 0 heterocycles. The van der Waals surface area contributed by atoms with E-state index in [4.69, 9.17) is 28.3 Å². The summed E-state index contributed by atoms with van der Waals surface area (Å²) in [5.41, 5.74) is 0.199. The number of hydrogen-bond donors (Lipinski definition) is 3. The summed E-state index contributed by atoms with van der Waals surface area (Å²) in [7, 11) is 0. The van der Waals surface area contributed by atoms with Crippen molar-refractivity contribution in [1.82, 2.24) is 5.32 Å². The van der Waals surface area contributed by atoms with Crippen LogP contribution in [0.3, 0.4) is 0 Å². The summed E-state index contributed by atoms with van der Waals surface area (Å²) in [6, 6.07) is 14.1. The first-order valence-electron chi connectivity index (χ1n) is 9.04. The van der Waals surface area contributed by atoms with Gasteiger partial charge in [0, 0.05) is 23.0 Å². The Balaban J connectivity index is 2.01. The van der Waals surface area contributed by atoms with E-state index in [0.717, 1.165) is 0 Å². The van der Waals surface area contributed by atoms with Gasteiger partial charge in [0.1, 0.15) is 5.60 Å². The summed E-state index contributed by atoms with van der Waals surface area (Å²) in [5.74, 6) is -1.14. The minimum atomic E-state index is -1.23. The van der Waals surface area contributed by atoms with Crippen molar-refractivity contribution >= 4 is 35.1 Å². The van der Waals surface area contributed by atoms with Crippen LogP contribution in [-0.2, 0) is 15.2 Å². The van der Waals surface area contributed by atoms with E-state index in [9.17, 15) is 14.7 Å². The number of carbonyl (C=O) groups is 2. The van der Waals surface area contributed by atoms with Gasteiger partial charge in [-0.25, -0.2) is 0 Å². The van der Waals surface area contributed by atoms with Gasteiger partial charge in [0.2, 0.25) is 5.91 Å². The highest BCUT2D eigenvalue weighted by Crippen LogP contribution is 2.35. The van der Waals surface area contributed by atoms with Crippen LogP contribution in [0.5, 0.6) is 0 Å². The van der Waals surface area contributed by atoms with Gasteiger partial charge >= 0.3 is 5.97 Å². The molecule has 7 heteroatoms. The predicted molar refractivity (Wildman–Crippen MR) is 110 cm³/mol. The van der Waals surface area contributed by atoms with Gasteiger partial charge in [-0.3, -0.25) is 9.59 Å². The Hall–Kier alpha value is -2.08. The maximum Gasteiger partial charge on any atom is 0.305 e. The minimum absolute atomic E-state index is 0.0986. The Kier molecular flexibility index (Phi) is 8.30. The van der Waals surface area contributed by atoms with Crippen molar-refractivity contribution in [3.8, 4) is 0 Å². The Bertz CT molecular complexity index is 746. The van der Waals surface area contributed by atoms with Crippen molar-refractivity contribution < 1.29 is 19.8 Å². The molecule has 28 heavy (non-hydrogen) atoms. The Morgan fingerprint density at radius 1 is 0.857 bits per heavy atom. The third kappa shape index (κ3) is 6.51. The van der Waals surface area contributed by atoms with Gasteiger partial charge in [-0.1, -0.05) is 47.5 Å². The summed E-state index contributed by atoms with van der Waals surface area (Å²) in [4.78, 5) is 22.2. The smallest absolute Gasteiger partial charge is 0.305 e. The lowest BCUT2D eigenvalue weighted by molar-refractivity contribution is -0.136. The summed E-state index contributed by atoms with van der Waals surface area (Å²) in [6.07, 6.45) is 1.77. The highest BCUT2D eigenvalue weighted by Gasteiger charge is 2.31. The number of nitrogens with one attached hydrogen (secondary N) is 1. The van der Waals surface area contributed by atoms with Crippen LogP contribution in [-0.4, -0.2) is 28.6 Å². The molecule has 0 saturated carbocycles. The standard InChI is InChI=1S/C21H23Cl2NO4/c22-17-8-4-15(5-9-17)21(28,16-6-10-18(23)11-7-16)13-2-1-3-19(25)24-14-12-20(26)27/h4-11,28H,1-3,12-14H2,(H,24,25)(H,26,27). The fourth-order valence-electron chi connectivity index (χ4n) is 2.97. The Morgan fingerprint density at radius 3 is 1.82 bits per heavy atom. The normalized spacial score (nSPS) is 11.2. The van der Waals surface area contributed by atoms with E-state index in [-0.39, 0.29) is 25.3 Å². The molecule has 0 fully saturated rings. The van der Waals surface area contributed by atoms with Gasteiger partial charge in [0.05, 0.1) is 6.42 Å². The van der Waals surface area contributed by atoms with Crippen LogP contribution in [0.2, 0.25) is 10.0 Å². The van der Waals surface area contributed by atoms with Gasteiger partial charge in [0.25, 0.3) is 0 Å². The molecule has 150 valence electrons. The number of carboxylic acids is 1. The Morgan fingerprint density at radius 2 is 1.36 bits per heavy atom. The molecule has 0 aromatic heterocycles. The number of halogens is 2. The number of amides is 1. The average molecular weight is 424 g/mol. The highest BCUT2D eigenvalue weighted by atomic mass is 35.5. The second-order valence-electron chi connectivity index (χ2n) is 6.57. The zero-order valence-corrected chi connectivity index (χ0v) is 16.8. The summed E-state index contributed by atoms with van der Waals surface area (Å²) in [6.45, 7) is 0.119. The number of benzene rings is 2. The third-order valence-electron chi connectivity index (χ3n) is 4.50. The fraction of sp³-hybridized carbons (Fsp3) is 0.333. The van der Waals surface area contributed by atoms with E-state index >= 15 is 0 Å². The predicted octanol–water partition coefficient (Wildman–Crippen LogP) is 4.38. The third-order valence-corrected chi connectivity index (χ3v) is 5.00. The van der Waals surface area contributed by atoms with Crippen molar-refractivity contribution in [3.63, 3.8) is 0 Å². The molecule has 2 rings (SSSR count). The molecule has 0 radical (unpaired) electrons. The van der Waals surface area contributed by atoms with Crippen LogP contribution in [0, 0.1) is 0 Å². The van der Waals surface area contributed by atoms with Gasteiger partial charge in [-0.2, -0.15) is 0 Å². The van der Waals surface area contributed by atoms with E-state index in [1.807, 2.05) is 0 Å². The minimum Gasteiger partial charge on any atom is -0.481 e. The monoisotopic (exact) mass is 423 g/mol.